The van der Waals surface area contributed by atoms with Gasteiger partial charge in [-0.1, -0.05) is 238 Å². The number of unbranched alkanes of at least 4 members (excludes halogenated alkanes) is 36. The minimum atomic E-state index is -4.28. The van der Waals surface area contributed by atoms with Gasteiger partial charge in [-0.15, -0.1) is 0 Å². The highest BCUT2D eigenvalue weighted by atomic mass is 31.2. The molecule has 0 saturated heterocycles. The van der Waals surface area contributed by atoms with Gasteiger partial charge < -0.3 is 18.9 Å². The molecule has 0 rings (SSSR count). The maximum absolute atomic E-state index is 12.8. The maximum Gasteiger partial charge on any atom is 0.472 e. The summed E-state index contributed by atoms with van der Waals surface area (Å²) in [6.45, 7) is 5.67. The lowest BCUT2D eigenvalue weighted by molar-refractivity contribution is -0.870. The molecule has 0 aliphatic rings. The number of carbonyl (C=O) groups excluding carboxylic acids is 1. The first kappa shape index (κ1) is 62.2. The molecule has 0 aromatic rings. The van der Waals surface area contributed by atoms with Gasteiger partial charge in [0.2, 0.25) is 0 Å². The number of allylic oxidation sites excluding steroid dienone is 2. The molecule has 0 spiro atoms. The number of nitrogens with zero attached hydrogens (tertiary/aromatic N) is 1. The van der Waals surface area contributed by atoms with Gasteiger partial charge in [-0.2, -0.15) is 0 Å². The molecule has 9 heteroatoms. The second kappa shape index (κ2) is 47.7. The van der Waals surface area contributed by atoms with Crippen LogP contribution in [0.25, 0.3) is 0 Å². The lowest BCUT2D eigenvalue weighted by Gasteiger charge is -2.24. The zero-order valence-electron chi connectivity index (χ0n) is 42.8. The lowest BCUT2D eigenvalue weighted by Crippen LogP contribution is -2.37. The van der Waals surface area contributed by atoms with Gasteiger partial charge >= 0.3 is 13.8 Å². The van der Waals surface area contributed by atoms with E-state index in [1.807, 2.05) is 21.1 Å². The average molecular weight is 915 g/mol. The minimum absolute atomic E-state index is 0.0910. The summed E-state index contributed by atoms with van der Waals surface area (Å²) < 4.78 is 35.2. The zero-order chi connectivity index (χ0) is 46.2. The molecular weight excluding hydrogens is 806 g/mol. The van der Waals surface area contributed by atoms with Gasteiger partial charge in [-0.25, -0.2) is 4.57 Å². The van der Waals surface area contributed by atoms with Crippen LogP contribution in [0.5, 0.6) is 0 Å². The summed E-state index contributed by atoms with van der Waals surface area (Å²) in [5, 5.41) is 0. The Morgan fingerprint density at radius 2 is 0.825 bits per heavy atom. The van der Waals surface area contributed by atoms with Crippen molar-refractivity contribution in [1.82, 2.24) is 0 Å². The summed E-state index contributed by atoms with van der Waals surface area (Å²) in [5.41, 5.74) is 0. The fraction of sp³-hybridized carbons (Fsp3) is 0.944. The number of likely N-dealkylation sites (N-methyl/N-ethyl adjacent to an activating group) is 1. The van der Waals surface area contributed by atoms with E-state index >= 15 is 0 Å². The third kappa shape index (κ3) is 52.1. The van der Waals surface area contributed by atoms with Crippen molar-refractivity contribution >= 4 is 13.8 Å². The Kier molecular flexibility index (Phi) is 47.1. The van der Waals surface area contributed by atoms with Crippen molar-refractivity contribution in [2.75, 3.05) is 54.1 Å². The number of quaternary nitrogens is 1. The fourth-order valence-electron chi connectivity index (χ4n) is 8.08. The van der Waals surface area contributed by atoms with E-state index in [0.717, 1.165) is 32.1 Å². The Morgan fingerprint density at radius 3 is 1.21 bits per heavy atom. The van der Waals surface area contributed by atoms with Crippen molar-refractivity contribution in [1.29, 1.82) is 0 Å². The topological polar surface area (TPSA) is 91.3 Å². The van der Waals surface area contributed by atoms with Gasteiger partial charge in [0, 0.05) is 13.0 Å². The Morgan fingerprint density at radius 1 is 0.476 bits per heavy atom. The number of phosphoric ester groups is 1. The third-order valence-electron chi connectivity index (χ3n) is 12.3. The molecule has 0 fully saturated rings. The largest absolute Gasteiger partial charge is 0.472 e. The van der Waals surface area contributed by atoms with E-state index in [9.17, 15) is 14.3 Å². The van der Waals surface area contributed by atoms with Crippen LogP contribution in [0.15, 0.2) is 12.2 Å². The molecule has 0 aromatic heterocycles. The summed E-state index contributed by atoms with van der Waals surface area (Å²) in [5.74, 6) is -0.308. The monoisotopic (exact) mass is 915 g/mol. The molecule has 8 nitrogen and oxygen atoms in total. The van der Waals surface area contributed by atoms with Gasteiger partial charge in [0.1, 0.15) is 19.3 Å². The molecule has 0 heterocycles. The second-order valence-electron chi connectivity index (χ2n) is 20.0. The molecule has 0 radical (unpaired) electrons. The van der Waals surface area contributed by atoms with E-state index < -0.39 is 13.9 Å². The molecule has 2 unspecified atom stereocenters. The van der Waals surface area contributed by atoms with E-state index in [0.29, 0.717) is 24.1 Å². The number of ether oxygens (including phenoxy) is 2. The van der Waals surface area contributed by atoms with Crippen LogP contribution >= 0.6 is 7.82 Å². The number of hydrogen-bond donors (Lipinski definition) is 1. The number of esters is 1. The Hall–Kier alpha value is -0.760. The standard InChI is InChI=1S/C54H108NO7P/c1-6-8-10-12-14-16-18-20-22-24-25-26-27-28-29-30-31-32-33-35-37-39-41-43-45-47-54(56)62-53(52-61-63(57,58)60-50-48-55(3,4)5)51-59-49-46-44-42-40-38-36-34-23-21-19-17-15-13-11-9-7-2/h21,23,53H,6-20,22,24-52H2,1-5H3/p+1/b23-21-. The fourth-order valence-corrected chi connectivity index (χ4v) is 8.82. The Balaban J connectivity index is 4.02. The maximum atomic E-state index is 12.8. The SMILES string of the molecule is CCCCCCCC/C=C\CCCCCCCCOCC(COP(=O)(O)OCC[N+](C)(C)C)OC(=O)CCCCCCCCCCCCCCCCCCCCCCCCCCC. The molecule has 0 amide bonds. The third-order valence-corrected chi connectivity index (χ3v) is 13.3. The predicted octanol–water partition coefficient (Wildman–Crippen LogP) is 17.0. The van der Waals surface area contributed by atoms with E-state index in [2.05, 4.69) is 26.0 Å². The van der Waals surface area contributed by atoms with Crippen LogP contribution in [0.2, 0.25) is 0 Å². The zero-order valence-corrected chi connectivity index (χ0v) is 43.7. The molecule has 1 N–H and O–H groups in total. The quantitative estimate of drug-likeness (QED) is 0.0214. The molecule has 0 saturated carbocycles. The summed E-state index contributed by atoms with van der Waals surface area (Å²) in [6, 6.07) is 0. The molecule has 376 valence electrons. The van der Waals surface area contributed by atoms with Crippen LogP contribution < -0.4 is 0 Å². The van der Waals surface area contributed by atoms with Crippen LogP contribution in [0, 0.1) is 0 Å². The van der Waals surface area contributed by atoms with E-state index in [-0.39, 0.29) is 25.8 Å². The average Bonchev–Trinajstić information content (AvgIpc) is 3.24. The van der Waals surface area contributed by atoms with Crippen LogP contribution in [0.4, 0.5) is 0 Å². The summed E-state index contributed by atoms with van der Waals surface area (Å²) >= 11 is 0. The summed E-state index contributed by atoms with van der Waals surface area (Å²) in [7, 11) is 1.68. The highest BCUT2D eigenvalue weighted by Gasteiger charge is 2.26. The number of carbonyl (C=O) groups is 1. The van der Waals surface area contributed by atoms with Crippen molar-refractivity contribution in [3.63, 3.8) is 0 Å². The van der Waals surface area contributed by atoms with Crippen molar-refractivity contribution in [3.8, 4) is 0 Å². The van der Waals surface area contributed by atoms with Crippen LogP contribution in [-0.4, -0.2) is 75.6 Å². The number of rotatable bonds is 52. The number of hydrogen-bond acceptors (Lipinski definition) is 6. The van der Waals surface area contributed by atoms with Crippen LogP contribution in [-0.2, 0) is 27.9 Å². The van der Waals surface area contributed by atoms with E-state index in [1.165, 1.54) is 218 Å². The van der Waals surface area contributed by atoms with Crippen molar-refractivity contribution < 1.29 is 37.3 Å². The first-order chi connectivity index (χ1) is 30.6. The van der Waals surface area contributed by atoms with Crippen molar-refractivity contribution in [3.05, 3.63) is 12.2 Å². The first-order valence-electron chi connectivity index (χ1n) is 27.4. The lowest BCUT2D eigenvalue weighted by atomic mass is 10.0. The Bertz CT molecular complexity index is 1020. The van der Waals surface area contributed by atoms with E-state index in [4.69, 9.17) is 18.5 Å². The summed E-state index contributed by atoms with van der Waals surface area (Å²) in [6.07, 6.45) is 55.5. The first-order valence-corrected chi connectivity index (χ1v) is 28.9. The molecular formula is C54H109NO7P+. The molecule has 0 aromatic carbocycles. The normalized spacial score (nSPS) is 13.6. The molecule has 0 aliphatic carbocycles. The molecule has 63 heavy (non-hydrogen) atoms. The van der Waals surface area contributed by atoms with Gasteiger partial charge in [-0.05, 0) is 38.5 Å². The van der Waals surface area contributed by atoms with E-state index in [1.54, 1.807) is 0 Å². The van der Waals surface area contributed by atoms with Gasteiger partial charge in [-0.3, -0.25) is 13.8 Å². The molecule has 0 aliphatic heterocycles. The number of phosphoric acid groups is 1. The summed E-state index contributed by atoms with van der Waals surface area (Å²) in [4.78, 5) is 23.0. The second-order valence-corrected chi connectivity index (χ2v) is 21.4. The van der Waals surface area contributed by atoms with Crippen LogP contribution in [0.3, 0.4) is 0 Å². The van der Waals surface area contributed by atoms with Gasteiger partial charge in [0.25, 0.3) is 0 Å². The van der Waals surface area contributed by atoms with Crippen LogP contribution in [0.1, 0.15) is 271 Å². The Labute approximate surface area is 392 Å². The molecule has 2 atom stereocenters. The smallest absolute Gasteiger partial charge is 0.457 e. The minimum Gasteiger partial charge on any atom is -0.457 e. The molecule has 0 bridgehead atoms. The highest BCUT2D eigenvalue weighted by Crippen LogP contribution is 2.43. The highest BCUT2D eigenvalue weighted by molar-refractivity contribution is 7.47. The van der Waals surface area contributed by atoms with Crippen molar-refractivity contribution in [2.24, 2.45) is 0 Å². The van der Waals surface area contributed by atoms with Crippen molar-refractivity contribution in [2.45, 2.75) is 277 Å². The van der Waals surface area contributed by atoms with Gasteiger partial charge in [0.05, 0.1) is 34.4 Å². The predicted molar refractivity (Wildman–Crippen MR) is 270 cm³/mol. The van der Waals surface area contributed by atoms with Gasteiger partial charge in [0.15, 0.2) is 0 Å².